The first kappa shape index (κ1) is 21.5. The molecular formula is C23H28N4O3. The summed E-state index contributed by atoms with van der Waals surface area (Å²) in [4.78, 5) is 15.0. The van der Waals surface area contributed by atoms with Crippen LogP contribution in [0.5, 0.6) is 0 Å². The number of nitrogens with one attached hydrogen (secondary N) is 1. The molecule has 30 heavy (non-hydrogen) atoms. The van der Waals surface area contributed by atoms with Crippen LogP contribution in [0, 0.1) is 32.1 Å². The monoisotopic (exact) mass is 408 g/mol. The fourth-order valence-electron chi connectivity index (χ4n) is 3.43. The second kappa shape index (κ2) is 9.06. The highest BCUT2D eigenvalue weighted by Gasteiger charge is 2.22. The van der Waals surface area contributed by atoms with Crippen LogP contribution in [0.1, 0.15) is 47.9 Å². The van der Waals surface area contributed by atoms with E-state index in [4.69, 9.17) is 8.83 Å². The molecule has 1 amide bonds. The molecule has 0 radical (unpaired) electrons. The zero-order valence-electron chi connectivity index (χ0n) is 18.2. The molecule has 0 spiro atoms. The highest BCUT2D eigenvalue weighted by molar-refractivity contribution is 5.93. The molecule has 0 saturated heterocycles. The number of aryl methyl sites for hydroxylation is 1. The van der Waals surface area contributed by atoms with E-state index in [1.807, 2.05) is 68.4 Å². The highest BCUT2D eigenvalue weighted by atomic mass is 16.3. The average molecular weight is 409 g/mol. The number of nitriles is 1. The maximum Gasteiger partial charge on any atom is 0.239 e. The maximum atomic E-state index is 12.9. The highest BCUT2D eigenvalue weighted by Crippen LogP contribution is 2.27. The predicted molar refractivity (Wildman–Crippen MR) is 114 cm³/mol. The lowest BCUT2D eigenvalue weighted by atomic mass is 10.2. The van der Waals surface area contributed by atoms with Crippen LogP contribution in [0.4, 0.5) is 5.82 Å². The van der Waals surface area contributed by atoms with Gasteiger partial charge in [0.25, 0.3) is 0 Å². The maximum absolute atomic E-state index is 12.9. The summed E-state index contributed by atoms with van der Waals surface area (Å²) in [7, 11) is 0. The van der Waals surface area contributed by atoms with Gasteiger partial charge in [0, 0.05) is 11.7 Å². The van der Waals surface area contributed by atoms with Crippen LogP contribution in [-0.4, -0.2) is 28.0 Å². The fourth-order valence-corrected chi connectivity index (χ4v) is 3.43. The molecule has 3 aromatic heterocycles. The first-order valence-electron chi connectivity index (χ1n) is 10.0. The molecule has 0 atom stereocenters. The normalized spacial score (nSPS) is 11.3. The van der Waals surface area contributed by atoms with Crippen molar-refractivity contribution in [2.24, 2.45) is 0 Å². The molecule has 3 aromatic rings. The molecule has 3 rings (SSSR count). The second-order valence-electron chi connectivity index (χ2n) is 7.77. The SMILES string of the molecule is Cc1ccc(CN(CC(=O)Nc2c(C#N)c(C)c(C)n2Cc2ccco2)C(C)C)o1. The number of aromatic nitrogens is 1. The Kier molecular flexibility index (Phi) is 6.48. The Balaban J connectivity index is 1.81. The molecule has 0 bridgehead atoms. The largest absolute Gasteiger partial charge is 0.467 e. The summed E-state index contributed by atoms with van der Waals surface area (Å²) < 4.78 is 13.0. The van der Waals surface area contributed by atoms with Gasteiger partial charge < -0.3 is 18.7 Å². The Morgan fingerprint density at radius 3 is 2.57 bits per heavy atom. The Hall–Kier alpha value is -3.24. The second-order valence-corrected chi connectivity index (χ2v) is 7.77. The smallest absolute Gasteiger partial charge is 0.239 e. The summed E-state index contributed by atoms with van der Waals surface area (Å²) in [6.45, 7) is 11.0. The van der Waals surface area contributed by atoms with Crippen LogP contribution in [0.3, 0.4) is 0 Å². The lowest BCUT2D eigenvalue weighted by Gasteiger charge is -2.25. The van der Waals surface area contributed by atoms with E-state index < -0.39 is 0 Å². The van der Waals surface area contributed by atoms with Crippen LogP contribution in [-0.2, 0) is 17.9 Å². The molecule has 0 aliphatic carbocycles. The van der Waals surface area contributed by atoms with Gasteiger partial charge in [-0.05, 0) is 64.4 Å². The first-order valence-corrected chi connectivity index (χ1v) is 10.0. The molecule has 0 saturated carbocycles. The van der Waals surface area contributed by atoms with Crippen molar-refractivity contribution in [3.8, 4) is 6.07 Å². The van der Waals surface area contributed by atoms with E-state index >= 15 is 0 Å². The molecule has 158 valence electrons. The van der Waals surface area contributed by atoms with E-state index in [2.05, 4.69) is 11.4 Å². The van der Waals surface area contributed by atoms with E-state index in [-0.39, 0.29) is 18.5 Å². The molecule has 0 aliphatic rings. The molecule has 1 N–H and O–H groups in total. The third-order valence-corrected chi connectivity index (χ3v) is 5.32. The Labute approximate surface area is 176 Å². The fraction of sp³-hybridized carbons (Fsp3) is 0.391. The first-order chi connectivity index (χ1) is 14.3. The number of anilines is 1. The number of carbonyl (C=O) groups excluding carboxylic acids is 1. The minimum absolute atomic E-state index is 0.148. The number of carbonyl (C=O) groups is 1. The van der Waals surface area contributed by atoms with E-state index in [1.54, 1.807) is 6.26 Å². The van der Waals surface area contributed by atoms with Crippen molar-refractivity contribution in [1.29, 1.82) is 5.26 Å². The molecule has 3 heterocycles. The minimum Gasteiger partial charge on any atom is -0.467 e. The van der Waals surface area contributed by atoms with Gasteiger partial charge in [-0.15, -0.1) is 0 Å². The van der Waals surface area contributed by atoms with E-state index in [0.29, 0.717) is 24.5 Å². The van der Waals surface area contributed by atoms with Crippen LogP contribution in [0.25, 0.3) is 0 Å². The van der Waals surface area contributed by atoms with Gasteiger partial charge in [-0.3, -0.25) is 9.69 Å². The minimum atomic E-state index is -0.179. The van der Waals surface area contributed by atoms with E-state index in [0.717, 1.165) is 28.5 Å². The van der Waals surface area contributed by atoms with Crippen molar-refractivity contribution in [3.05, 3.63) is 64.6 Å². The summed E-state index contributed by atoms with van der Waals surface area (Å²) in [6.07, 6.45) is 1.61. The van der Waals surface area contributed by atoms with Crippen molar-refractivity contribution >= 4 is 11.7 Å². The predicted octanol–water partition coefficient (Wildman–Crippen LogP) is 4.37. The zero-order valence-corrected chi connectivity index (χ0v) is 18.2. The third-order valence-electron chi connectivity index (χ3n) is 5.32. The summed E-state index contributed by atoms with van der Waals surface area (Å²) in [5.41, 5.74) is 2.25. The molecule has 0 fully saturated rings. The zero-order chi connectivity index (χ0) is 21.8. The molecule has 7 nitrogen and oxygen atoms in total. The average Bonchev–Trinajstić information content (AvgIpc) is 3.40. The summed E-state index contributed by atoms with van der Waals surface area (Å²) in [6, 6.07) is 9.92. The van der Waals surface area contributed by atoms with E-state index in [9.17, 15) is 10.1 Å². The van der Waals surface area contributed by atoms with E-state index in [1.165, 1.54) is 0 Å². The molecule has 0 unspecified atom stereocenters. The van der Waals surface area contributed by atoms with Crippen molar-refractivity contribution in [1.82, 2.24) is 9.47 Å². The number of rotatable bonds is 8. The number of hydrogen-bond acceptors (Lipinski definition) is 5. The quantitative estimate of drug-likeness (QED) is 0.598. The van der Waals surface area contributed by atoms with Crippen molar-refractivity contribution in [2.75, 3.05) is 11.9 Å². The summed E-state index contributed by atoms with van der Waals surface area (Å²) in [5.74, 6) is 2.75. The number of hydrogen-bond donors (Lipinski definition) is 1. The van der Waals surface area contributed by atoms with Gasteiger partial charge in [-0.1, -0.05) is 0 Å². The molecule has 7 heteroatoms. The third kappa shape index (κ3) is 4.66. The van der Waals surface area contributed by atoms with Crippen molar-refractivity contribution in [3.63, 3.8) is 0 Å². The summed E-state index contributed by atoms with van der Waals surface area (Å²) >= 11 is 0. The van der Waals surface area contributed by atoms with Gasteiger partial charge in [-0.2, -0.15) is 5.26 Å². The lowest BCUT2D eigenvalue weighted by molar-refractivity contribution is -0.118. The van der Waals surface area contributed by atoms with Crippen LogP contribution < -0.4 is 5.32 Å². The Morgan fingerprint density at radius 1 is 1.23 bits per heavy atom. The Morgan fingerprint density at radius 2 is 2.00 bits per heavy atom. The van der Waals surface area contributed by atoms with Gasteiger partial charge >= 0.3 is 0 Å². The lowest BCUT2D eigenvalue weighted by Crippen LogP contribution is -2.37. The van der Waals surface area contributed by atoms with Crippen molar-refractivity contribution in [2.45, 2.75) is 53.8 Å². The Bertz CT molecular complexity index is 1050. The molecular weight excluding hydrogens is 380 g/mol. The van der Waals surface area contributed by atoms with Gasteiger partial charge in [0.15, 0.2) is 0 Å². The van der Waals surface area contributed by atoms with Gasteiger partial charge in [0.05, 0.1) is 31.5 Å². The number of amides is 1. The van der Waals surface area contributed by atoms with Crippen molar-refractivity contribution < 1.29 is 13.6 Å². The van der Waals surface area contributed by atoms with Crippen LogP contribution >= 0.6 is 0 Å². The number of furan rings is 2. The molecule has 0 aliphatic heterocycles. The van der Waals surface area contributed by atoms with Gasteiger partial charge in [0.2, 0.25) is 5.91 Å². The standard InChI is InChI=1S/C23H28N4O3/c1-15(2)26(12-20-9-8-16(3)30-20)14-22(28)25-23-21(11-24)17(4)18(5)27(23)13-19-7-6-10-29-19/h6-10,15H,12-14H2,1-5H3,(H,25,28). The van der Waals surface area contributed by atoms with Gasteiger partial charge in [0.1, 0.15) is 29.2 Å². The van der Waals surface area contributed by atoms with Crippen LogP contribution in [0.15, 0.2) is 39.4 Å². The van der Waals surface area contributed by atoms with Gasteiger partial charge in [-0.25, -0.2) is 0 Å². The number of nitrogens with zero attached hydrogens (tertiary/aromatic N) is 3. The molecule has 0 aromatic carbocycles. The van der Waals surface area contributed by atoms with Crippen LogP contribution in [0.2, 0.25) is 0 Å². The topological polar surface area (TPSA) is 87.3 Å². The summed E-state index contributed by atoms with van der Waals surface area (Å²) in [5, 5.41) is 12.7.